The molecule has 0 aliphatic rings. The van der Waals surface area contributed by atoms with Gasteiger partial charge in [0.05, 0.1) is 5.69 Å². The van der Waals surface area contributed by atoms with Crippen LogP contribution >= 0.6 is 11.8 Å². The quantitative estimate of drug-likeness (QED) is 0.633. The lowest BCUT2D eigenvalue weighted by Gasteiger charge is -2.14. The first-order chi connectivity index (χ1) is 8.53. The maximum atomic E-state index is 11.3. The van der Waals surface area contributed by atoms with E-state index in [1.54, 1.807) is 18.7 Å². The molecule has 0 aromatic carbocycles. The second-order valence-electron chi connectivity index (χ2n) is 4.12. The van der Waals surface area contributed by atoms with Crippen molar-refractivity contribution in [3.05, 3.63) is 17.1 Å². The molecule has 0 fully saturated rings. The minimum atomic E-state index is -0.941. The third-order valence-corrected chi connectivity index (χ3v) is 4.34. The Kier molecular flexibility index (Phi) is 5.59. The van der Waals surface area contributed by atoms with Gasteiger partial charge in [-0.15, -0.1) is 11.8 Å². The summed E-state index contributed by atoms with van der Waals surface area (Å²) in [7, 11) is 0. The first kappa shape index (κ1) is 15.0. The van der Waals surface area contributed by atoms with E-state index in [2.05, 4.69) is 23.8 Å². The van der Waals surface area contributed by atoms with Gasteiger partial charge in [0.2, 0.25) is 0 Å². The molecule has 5 heteroatoms. The highest BCUT2D eigenvalue weighted by atomic mass is 32.2. The number of aromatic carboxylic acids is 1. The van der Waals surface area contributed by atoms with Crippen LogP contribution in [0, 0.1) is 6.92 Å². The number of carboxylic acid groups (broad SMARTS) is 1. The summed E-state index contributed by atoms with van der Waals surface area (Å²) in [6, 6.07) is 0. The molecule has 0 aliphatic heterocycles. The van der Waals surface area contributed by atoms with Gasteiger partial charge in [0.1, 0.15) is 16.4 Å². The van der Waals surface area contributed by atoms with Crippen molar-refractivity contribution in [3.63, 3.8) is 0 Å². The number of carbonyl (C=O) groups is 1. The first-order valence-corrected chi connectivity index (χ1v) is 7.18. The molecule has 100 valence electrons. The summed E-state index contributed by atoms with van der Waals surface area (Å²) in [5.41, 5.74) is 0.812. The number of carboxylic acids is 1. The van der Waals surface area contributed by atoms with Gasteiger partial charge in [0.15, 0.2) is 0 Å². The molecule has 0 aliphatic carbocycles. The number of thioether (sulfide) groups is 1. The number of nitrogens with zero attached hydrogens (tertiary/aromatic N) is 2. The van der Waals surface area contributed by atoms with Gasteiger partial charge in [-0.25, -0.2) is 14.8 Å². The van der Waals surface area contributed by atoms with Crippen LogP contribution in [0.2, 0.25) is 0 Å². The van der Waals surface area contributed by atoms with E-state index in [-0.39, 0.29) is 5.56 Å². The molecule has 0 radical (unpaired) electrons. The van der Waals surface area contributed by atoms with Gasteiger partial charge in [-0.1, -0.05) is 20.8 Å². The summed E-state index contributed by atoms with van der Waals surface area (Å²) >= 11 is 1.56. The minimum absolute atomic E-state index is 0.254. The van der Waals surface area contributed by atoms with E-state index in [1.165, 1.54) is 0 Å². The monoisotopic (exact) mass is 268 g/mol. The van der Waals surface area contributed by atoms with Crippen LogP contribution in [0.1, 0.15) is 55.5 Å². The Morgan fingerprint density at radius 1 is 1.28 bits per heavy atom. The Labute approximate surface area is 112 Å². The summed E-state index contributed by atoms with van der Waals surface area (Å²) in [5, 5.41) is 10.3. The van der Waals surface area contributed by atoms with Crippen molar-refractivity contribution in [3.8, 4) is 0 Å². The largest absolute Gasteiger partial charge is 0.478 e. The molecule has 0 atom stereocenters. The molecule has 0 spiro atoms. The van der Waals surface area contributed by atoms with E-state index in [0.29, 0.717) is 21.8 Å². The lowest BCUT2D eigenvalue weighted by molar-refractivity contribution is 0.0690. The van der Waals surface area contributed by atoms with Crippen molar-refractivity contribution in [2.45, 2.75) is 57.2 Å². The SMILES string of the molecule is CCc1nc(C)c(C(=O)O)c(SC(CC)CC)n1. The predicted molar refractivity (Wildman–Crippen MR) is 73.3 cm³/mol. The molecule has 1 aromatic heterocycles. The lowest BCUT2D eigenvalue weighted by Crippen LogP contribution is -2.11. The molecule has 0 amide bonds. The standard InChI is InChI=1S/C13H20N2O2S/c1-5-9(6-2)18-12-11(13(16)17)8(4)14-10(7-3)15-12/h9H,5-7H2,1-4H3,(H,16,17). The van der Waals surface area contributed by atoms with Gasteiger partial charge in [-0.05, 0) is 19.8 Å². The van der Waals surface area contributed by atoms with E-state index in [1.807, 2.05) is 6.92 Å². The molecule has 1 rings (SSSR count). The zero-order chi connectivity index (χ0) is 13.7. The summed E-state index contributed by atoms with van der Waals surface area (Å²) < 4.78 is 0. The first-order valence-electron chi connectivity index (χ1n) is 6.30. The van der Waals surface area contributed by atoms with Crippen molar-refractivity contribution in [1.82, 2.24) is 9.97 Å². The van der Waals surface area contributed by atoms with Crippen molar-refractivity contribution in [1.29, 1.82) is 0 Å². The molecule has 1 aromatic rings. The van der Waals surface area contributed by atoms with Crippen molar-refractivity contribution in [2.75, 3.05) is 0 Å². The van der Waals surface area contributed by atoms with E-state index >= 15 is 0 Å². The van der Waals surface area contributed by atoms with Gasteiger partial charge in [0.25, 0.3) is 0 Å². The van der Waals surface area contributed by atoms with Gasteiger partial charge in [-0.2, -0.15) is 0 Å². The molecule has 0 unspecified atom stereocenters. The molecule has 0 saturated carbocycles. The van der Waals surface area contributed by atoms with E-state index < -0.39 is 5.97 Å². The van der Waals surface area contributed by atoms with Crippen LogP contribution < -0.4 is 0 Å². The third-order valence-electron chi connectivity index (χ3n) is 2.82. The molecule has 18 heavy (non-hydrogen) atoms. The average molecular weight is 268 g/mol. The second kappa shape index (κ2) is 6.73. The summed E-state index contributed by atoms with van der Waals surface area (Å²) in [5.74, 6) is -0.227. The van der Waals surface area contributed by atoms with Crippen LogP contribution in [0.4, 0.5) is 0 Å². The fraction of sp³-hybridized carbons (Fsp3) is 0.615. The smallest absolute Gasteiger partial charge is 0.340 e. The fourth-order valence-electron chi connectivity index (χ4n) is 1.71. The normalized spacial score (nSPS) is 10.9. The maximum absolute atomic E-state index is 11.3. The number of aromatic nitrogens is 2. The molecule has 0 bridgehead atoms. The average Bonchev–Trinajstić information content (AvgIpc) is 2.34. The molecule has 0 saturated heterocycles. The van der Waals surface area contributed by atoms with E-state index in [0.717, 1.165) is 19.3 Å². The predicted octanol–water partition coefficient (Wildman–Crippen LogP) is 3.33. The zero-order valence-electron chi connectivity index (χ0n) is 11.4. The third kappa shape index (κ3) is 3.45. The minimum Gasteiger partial charge on any atom is -0.478 e. The fourth-order valence-corrected chi connectivity index (χ4v) is 2.87. The Morgan fingerprint density at radius 2 is 1.89 bits per heavy atom. The Bertz CT molecular complexity index is 431. The molecular weight excluding hydrogens is 248 g/mol. The number of aryl methyl sites for hydroxylation is 2. The molecule has 1 heterocycles. The summed E-state index contributed by atoms with van der Waals surface area (Å²) in [6.07, 6.45) is 2.73. The van der Waals surface area contributed by atoms with Crippen molar-refractivity contribution < 1.29 is 9.90 Å². The van der Waals surface area contributed by atoms with Crippen LogP contribution in [0.15, 0.2) is 5.03 Å². The maximum Gasteiger partial charge on any atom is 0.340 e. The van der Waals surface area contributed by atoms with Crippen LogP contribution in [-0.4, -0.2) is 26.3 Å². The molecular formula is C13H20N2O2S. The summed E-state index contributed by atoms with van der Waals surface area (Å²) in [4.78, 5) is 19.9. The lowest BCUT2D eigenvalue weighted by atomic mass is 10.2. The number of hydrogen-bond donors (Lipinski definition) is 1. The van der Waals surface area contributed by atoms with Crippen LogP contribution in [0.25, 0.3) is 0 Å². The molecule has 1 N–H and O–H groups in total. The van der Waals surface area contributed by atoms with Gasteiger partial charge in [0, 0.05) is 11.7 Å². The van der Waals surface area contributed by atoms with Crippen molar-refractivity contribution >= 4 is 17.7 Å². The highest BCUT2D eigenvalue weighted by Gasteiger charge is 2.20. The van der Waals surface area contributed by atoms with Gasteiger partial charge in [-0.3, -0.25) is 0 Å². The van der Waals surface area contributed by atoms with Gasteiger partial charge < -0.3 is 5.11 Å². The summed E-state index contributed by atoms with van der Waals surface area (Å²) in [6.45, 7) is 7.93. The topological polar surface area (TPSA) is 63.1 Å². The Morgan fingerprint density at radius 3 is 2.33 bits per heavy atom. The number of rotatable bonds is 6. The highest BCUT2D eigenvalue weighted by molar-refractivity contribution is 7.99. The van der Waals surface area contributed by atoms with Crippen LogP contribution in [0.5, 0.6) is 0 Å². The highest BCUT2D eigenvalue weighted by Crippen LogP contribution is 2.30. The van der Waals surface area contributed by atoms with E-state index in [9.17, 15) is 9.90 Å². The van der Waals surface area contributed by atoms with E-state index in [4.69, 9.17) is 0 Å². The second-order valence-corrected chi connectivity index (χ2v) is 5.41. The van der Waals surface area contributed by atoms with Crippen LogP contribution in [0.3, 0.4) is 0 Å². The number of hydrogen-bond acceptors (Lipinski definition) is 4. The Hall–Kier alpha value is -1.10. The zero-order valence-corrected chi connectivity index (χ0v) is 12.2. The van der Waals surface area contributed by atoms with Crippen LogP contribution in [-0.2, 0) is 6.42 Å². The Balaban J connectivity index is 3.20. The van der Waals surface area contributed by atoms with Gasteiger partial charge >= 0.3 is 5.97 Å². The van der Waals surface area contributed by atoms with Crippen molar-refractivity contribution in [2.24, 2.45) is 0 Å². The molecule has 4 nitrogen and oxygen atoms in total.